The lowest BCUT2D eigenvalue weighted by atomic mass is 10.00. The monoisotopic (exact) mass is 825 g/mol. The molecule has 17 nitrogen and oxygen atoms in total. The number of esters is 1. The van der Waals surface area contributed by atoms with E-state index in [-0.39, 0.29) is 90.9 Å². The van der Waals surface area contributed by atoms with Crippen molar-refractivity contribution >= 4 is 47.1 Å². The van der Waals surface area contributed by atoms with E-state index in [1.807, 2.05) is 50.2 Å². The third-order valence-corrected chi connectivity index (χ3v) is 9.91. The molecule has 2 amide bonds. The van der Waals surface area contributed by atoms with E-state index in [1.165, 1.54) is 0 Å². The number of hydrogen-bond donors (Lipinski definition) is 6. The highest BCUT2D eigenvalue weighted by Crippen LogP contribution is 2.27. The molecule has 17 heteroatoms. The van der Waals surface area contributed by atoms with Crippen LogP contribution in [0.1, 0.15) is 64.0 Å². The predicted octanol–water partition coefficient (Wildman–Crippen LogP) is 2.74. The lowest BCUT2D eigenvalue weighted by Gasteiger charge is -2.33. The van der Waals surface area contributed by atoms with Gasteiger partial charge in [0.25, 0.3) is 0 Å². The number of rotatable bonds is 18. The Morgan fingerprint density at radius 1 is 0.678 bits per heavy atom. The van der Waals surface area contributed by atoms with Gasteiger partial charge in [-0.2, -0.15) is 0 Å². The fourth-order valence-corrected chi connectivity index (χ4v) is 6.74. The summed E-state index contributed by atoms with van der Waals surface area (Å²) in [5.41, 5.74) is 10.4. The highest BCUT2D eigenvalue weighted by molar-refractivity contribution is 5.98. The fourth-order valence-electron chi connectivity index (χ4n) is 6.74. The number of carboxylic acid groups (broad SMARTS) is 3. The molecule has 0 aromatic heterocycles. The van der Waals surface area contributed by atoms with Gasteiger partial charge >= 0.3 is 23.9 Å². The molecular formula is C42H63N7O10. The number of nitrogens with zero attached hydrogens (tertiary/aromatic N) is 4. The molecule has 59 heavy (non-hydrogen) atoms. The van der Waals surface area contributed by atoms with Gasteiger partial charge in [-0.1, -0.05) is 25.0 Å². The SMILES string of the molecule is Cc1cc(-c2ccc(NC(=O)[C@H](CCCCCC(=O)OC(C)(C)C)NC(=O)CN3CCN(CC(=O)O)CCN(CC(=O)O)CCN(CC(=O)O)CC3)c(C)c2)ccc1N. The van der Waals surface area contributed by atoms with Crippen molar-refractivity contribution in [2.45, 2.75) is 78.4 Å². The van der Waals surface area contributed by atoms with Gasteiger partial charge in [-0.25, -0.2) is 0 Å². The molecule has 2 aromatic carbocycles. The van der Waals surface area contributed by atoms with Crippen LogP contribution < -0.4 is 16.4 Å². The molecule has 1 heterocycles. The normalized spacial score (nSPS) is 15.9. The molecule has 2 aromatic rings. The summed E-state index contributed by atoms with van der Waals surface area (Å²) in [6, 6.07) is 10.5. The average Bonchev–Trinajstić information content (AvgIpc) is 3.12. The third kappa shape index (κ3) is 18.6. The molecule has 1 saturated heterocycles. The maximum Gasteiger partial charge on any atom is 0.317 e. The number of nitrogen functional groups attached to an aromatic ring is 1. The second kappa shape index (κ2) is 23.5. The van der Waals surface area contributed by atoms with E-state index in [4.69, 9.17) is 10.5 Å². The lowest BCUT2D eigenvalue weighted by molar-refractivity contribution is -0.155. The summed E-state index contributed by atoms with van der Waals surface area (Å²) in [6.45, 7) is 10.2. The minimum absolute atomic E-state index is 0.149. The second-order valence-electron chi connectivity index (χ2n) is 16.2. The smallest absolute Gasteiger partial charge is 0.317 e. The number of hydrogen-bond acceptors (Lipinski definition) is 12. The zero-order chi connectivity index (χ0) is 43.7. The van der Waals surface area contributed by atoms with Crippen LogP contribution in [0, 0.1) is 13.8 Å². The van der Waals surface area contributed by atoms with E-state index in [9.17, 15) is 44.1 Å². The van der Waals surface area contributed by atoms with Crippen LogP contribution >= 0.6 is 0 Å². The van der Waals surface area contributed by atoms with E-state index >= 15 is 0 Å². The summed E-state index contributed by atoms with van der Waals surface area (Å²) in [6.07, 6.45) is 2.21. The largest absolute Gasteiger partial charge is 0.480 e. The lowest BCUT2D eigenvalue weighted by Crippen LogP contribution is -2.51. The Morgan fingerprint density at radius 2 is 1.14 bits per heavy atom. The molecule has 0 saturated carbocycles. The fraction of sp³-hybridized carbons (Fsp3) is 0.571. The first-order valence-corrected chi connectivity index (χ1v) is 20.1. The number of carbonyl (C=O) groups excluding carboxylic acids is 3. The van der Waals surface area contributed by atoms with Crippen LogP contribution in [0.4, 0.5) is 11.4 Å². The van der Waals surface area contributed by atoms with Crippen molar-refractivity contribution in [1.82, 2.24) is 24.9 Å². The van der Waals surface area contributed by atoms with Gasteiger partial charge in [0.05, 0.1) is 26.2 Å². The highest BCUT2D eigenvalue weighted by atomic mass is 16.6. The number of nitrogens with one attached hydrogen (secondary N) is 2. The topological polar surface area (TPSA) is 235 Å². The van der Waals surface area contributed by atoms with Crippen LogP contribution in [-0.2, 0) is 33.5 Å². The highest BCUT2D eigenvalue weighted by Gasteiger charge is 2.25. The molecule has 0 unspecified atom stereocenters. The number of carbonyl (C=O) groups is 6. The molecule has 0 radical (unpaired) electrons. The zero-order valence-electron chi connectivity index (χ0n) is 35.1. The molecule has 1 atom stereocenters. The van der Waals surface area contributed by atoms with Crippen molar-refractivity contribution in [3.63, 3.8) is 0 Å². The molecular weight excluding hydrogens is 763 g/mol. The average molecular weight is 826 g/mol. The summed E-state index contributed by atoms with van der Waals surface area (Å²) in [7, 11) is 0. The van der Waals surface area contributed by atoms with Gasteiger partial charge in [-0.05, 0) is 94.0 Å². The summed E-state index contributed by atoms with van der Waals surface area (Å²) >= 11 is 0. The summed E-state index contributed by atoms with van der Waals surface area (Å²) in [4.78, 5) is 81.7. The van der Waals surface area contributed by atoms with Gasteiger partial charge < -0.3 is 36.4 Å². The first kappa shape index (κ1) is 48.3. The summed E-state index contributed by atoms with van der Waals surface area (Å²) in [5, 5.41) is 34.5. The van der Waals surface area contributed by atoms with Crippen molar-refractivity contribution in [3.05, 3.63) is 47.5 Å². The van der Waals surface area contributed by atoms with Crippen LogP contribution in [-0.4, -0.2) is 161 Å². The Kier molecular flexibility index (Phi) is 19.2. The number of nitrogens with two attached hydrogens (primary N) is 1. The molecule has 326 valence electrons. The third-order valence-electron chi connectivity index (χ3n) is 9.91. The van der Waals surface area contributed by atoms with Crippen LogP contribution in [0.3, 0.4) is 0 Å². The van der Waals surface area contributed by atoms with Crippen molar-refractivity contribution in [2.75, 3.05) is 89.6 Å². The molecule has 1 aliphatic heterocycles. The minimum Gasteiger partial charge on any atom is -0.480 e. The van der Waals surface area contributed by atoms with E-state index in [1.54, 1.807) is 40.4 Å². The van der Waals surface area contributed by atoms with E-state index in [0.29, 0.717) is 37.1 Å². The van der Waals surface area contributed by atoms with Gasteiger partial charge in [0.1, 0.15) is 11.6 Å². The Labute approximate surface area is 346 Å². The molecule has 0 aliphatic carbocycles. The maximum absolute atomic E-state index is 13.9. The van der Waals surface area contributed by atoms with E-state index in [0.717, 1.165) is 22.3 Å². The Morgan fingerprint density at radius 3 is 1.58 bits per heavy atom. The number of aliphatic carboxylic acids is 3. The molecule has 1 aliphatic rings. The van der Waals surface area contributed by atoms with Gasteiger partial charge in [0.15, 0.2) is 0 Å². The summed E-state index contributed by atoms with van der Waals surface area (Å²) in [5.74, 6) is -4.31. The number of ether oxygens (including phenoxy) is 1. The first-order valence-electron chi connectivity index (χ1n) is 20.1. The molecule has 3 rings (SSSR count). The maximum atomic E-state index is 13.9. The van der Waals surface area contributed by atoms with Crippen molar-refractivity contribution in [3.8, 4) is 11.1 Å². The van der Waals surface area contributed by atoms with Crippen molar-refractivity contribution in [1.29, 1.82) is 0 Å². The molecule has 0 bridgehead atoms. The number of aryl methyl sites for hydroxylation is 2. The number of unbranched alkanes of at least 4 members (excludes halogenated alkanes) is 2. The van der Waals surface area contributed by atoms with Gasteiger partial charge in [-0.3, -0.25) is 48.4 Å². The number of benzene rings is 2. The summed E-state index contributed by atoms with van der Waals surface area (Å²) < 4.78 is 5.41. The van der Waals surface area contributed by atoms with Gasteiger partial charge in [-0.15, -0.1) is 0 Å². The van der Waals surface area contributed by atoms with Crippen LogP contribution in [0.5, 0.6) is 0 Å². The number of amides is 2. The van der Waals surface area contributed by atoms with Crippen molar-refractivity contribution < 1.29 is 48.8 Å². The van der Waals surface area contributed by atoms with Gasteiger partial charge in [0, 0.05) is 70.2 Å². The van der Waals surface area contributed by atoms with Crippen molar-refractivity contribution in [2.24, 2.45) is 0 Å². The second-order valence-corrected chi connectivity index (χ2v) is 16.2. The van der Waals surface area contributed by atoms with Gasteiger partial charge in [0.2, 0.25) is 11.8 Å². The first-order chi connectivity index (χ1) is 27.8. The predicted molar refractivity (Wildman–Crippen MR) is 224 cm³/mol. The Bertz CT molecular complexity index is 1730. The zero-order valence-corrected chi connectivity index (χ0v) is 35.1. The van der Waals surface area contributed by atoms with Crippen LogP contribution in [0.15, 0.2) is 36.4 Å². The minimum atomic E-state index is -1.05. The molecule has 1 fully saturated rings. The Hall–Kier alpha value is -5.10. The van der Waals surface area contributed by atoms with E-state index < -0.39 is 41.4 Å². The van der Waals surface area contributed by atoms with Crippen LogP contribution in [0.25, 0.3) is 11.1 Å². The standard InChI is InChI=1S/C42H63N7O10/c1-29-23-31(11-13-33(29)43)32-12-14-34(30(2)24-32)45-41(58)35(9-7-6-8-10-40(57)59-42(3,4)5)44-36(50)25-46-15-17-47(26-37(51)52)19-21-49(28-39(55)56)22-20-48(18-16-46)27-38(53)54/h11-14,23-24,35H,6-10,15-22,25-28,43H2,1-5H3,(H,44,50)(H,45,58)(H,51,52)(H,53,54)(H,55,56)/t35-/m0/s1. The van der Waals surface area contributed by atoms with E-state index in [2.05, 4.69) is 10.6 Å². The Balaban J connectivity index is 1.78. The quantitative estimate of drug-likeness (QED) is 0.0721. The molecule has 7 N–H and O–H groups in total. The van der Waals surface area contributed by atoms with Crippen LogP contribution in [0.2, 0.25) is 0 Å². The molecule has 0 spiro atoms. The number of anilines is 2. The number of carboxylic acids is 3.